The SMILES string of the molecule is CC/C=C1/NC(=O)/C=C/[C@@H](C(C)CC)OC(=O)C(C)(C)[C@H](C[C@H](/C=C/C=C/C/C=C\CCC(C)C)OC)OC(=O)CNC(=O)[C@H](CNC(N)=O)NC(=O)CNC(=O)C(CCCNC(=O)NS(=O)(=O)O)NC1=O. The Bertz CT molecular complexity index is 2120. The highest BCUT2D eigenvalue weighted by molar-refractivity contribution is 7.84. The van der Waals surface area contributed by atoms with Crippen molar-refractivity contribution in [3.05, 3.63) is 60.4 Å². The highest BCUT2D eigenvalue weighted by atomic mass is 32.2. The first kappa shape index (κ1) is 63.4. The van der Waals surface area contributed by atoms with Gasteiger partial charge in [0.05, 0.1) is 18.1 Å². The van der Waals surface area contributed by atoms with Crippen molar-refractivity contribution in [2.24, 2.45) is 23.0 Å². The molecule has 0 aromatic heterocycles. The number of rotatable bonds is 20. The molecule has 0 aromatic carbocycles. The fourth-order valence-corrected chi connectivity index (χ4v) is 6.67. The molecule has 0 saturated carbocycles. The van der Waals surface area contributed by atoms with E-state index in [2.05, 4.69) is 63.2 Å². The smallest absolute Gasteiger partial charge is 0.361 e. The van der Waals surface area contributed by atoms with E-state index < -0.39 is 119 Å². The van der Waals surface area contributed by atoms with E-state index in [0.717, 1.165) is 18.9 Å². The van der Waals surface area contributed by atoms with Crippen LogP contribution in [0.2, 0.25) is 0 Å². The van der Waals surface area contributed by atoms with Crippen LogP contribution in [0, 0.1) is 17.3 Å². The van der Waals surface area contributed by atoms with E-state index in [1.54, 1.807) is 26.0 Å². The number of carbonyl (C=O) groups excluding carboxylic acids is 9. The minimum Gasteiger partial charge on any atom is -0.460 e. The molecule has 0 fully saturated rings. The number of amides is 9. The molecule has 11 N–H and O–H groups in total. The number of nitrogens with one attached hydrogen (secondary N) is 8. The summed E-state index contributed by atoms with van der Waals surface area (Å²) < 4.78 is 49.7. The predicted molar refractivity (Wildman–Crippen MR) is 265 cm³/mol. The standard InChI is InChI=1S/C47H75N9O15S/c1-9-19-33-43(62)55-34(22-18-25-49-46(65)56-72(66,67)68)41(60)50-28-39(58)54-35(27-52-45(48)64)42(61)51-29-40(59)71-37(26-32(69-8)21-17-15-13-11-12-14-16-20-30(3)4)47(6,7)44(63)70-36(31(5)10-2)23-24-38(57)53-33/h12-15,17,19,21,23-24,30-32,34-37H,9-11,16,18,20,22,25-29H2,1-8H3,(H,50,60)(H,51,61)(H,53,57)(H,54,58)(H,55,62)(H3,48,52,64)(H2,49,56,65)(H,66,67,68)/b14-12-,15-13+,21-17+,24-23+,33-19+/t31?,32-,34?,35-,36-,37-/m0/s1. The highest BCUT2D eigenvalue weighted by Crippen LogP contribution is 2.31. The Morgan fingerprint density at radius 3 is 2.25 bits per heavy atom. The van der Waals surface area contributed by atoms with Crippen molar-refractivity contribution < 1.29 is 70.3 Å². The van der Waals surface area contributed by atoms with E-state index in [9.17, 15) is 51.6 Å². The molecule has 72 heavy (non-hydrogen) atoms. The molecule has 2 unspecified atom stereocenters. The molecule has 9 amide bonds. The topological polar surface area (TPSA) is 358 Å². The van der Waals surface area contributed by atoms with E-state index >= 15 is 0 Å². The van der Waals surface area contributed by atoms with Gasteiger partial charge in [0.15, 0.2) is 0 Å². The Balaban J connectivity index is 3.71. The third-order valence-electron chi connectivity index (χ3n) is 10.8. The Hall–Kier alpha value is -6.60. The van der Waals surface area contributed by atoms with Crippen molar-refractivity contribution in [2.45, 2.75) is 130 Å². The summed E-state index contributed by atoms with van der Waals surface area (Å²) in [5.41, 5.74) is 3.32. The number of ether oxygens (including phenoxy) is 3. The summed E-state index contributed by atoms with van der Waals surface area (Å²) >= 11 is 0. The van der Waals surface area contributed by atoms with Gasteiger partial charge < -0.3 is 57.2 Å². The average Bonchev–Trinajstić information content (AvgIpc) is 3.30. The van der Waals surface area contributed by atoms with E-state index in [1.165, 1.54) is 37.8 Å². The lowest BCUT2D eigenvalue weighted by atomic mass is 9.83. The zero-order valence-electron chi connectivity index (χ0n) is 42.4. The maximum atomic E-state index is 14.2. The van der Waals surface area contributed by atoms with Crippen LogP contribution in [-0.2, 0) is 58.1 Å². The van der Waals surface area contributed by atoms with Crippen molar-refractivity contribution in [3.8, 4) is 0 Å². The van der Waals surface area contributed by atoms with Gasteiger partial charge in [0.25, 0.3) is 5.91 Å². The van der Waals surface area contributed by atoms with Crippen LogP contribution in [0.5, 0.6) is 0 Å². The number of methoxy groups -OCH3 is 1. The molecule has 6 atom stereocenters. The molecule has 0 radical (unpaired) electrons. The van der Waals surface area contributed by atoms with E-state index in [4.69, 9.17) is 24.5 Å². The third kappa shape index (κ3) is 26.6. The number of hydrogen-bond acceptors (Lipinski definition) is 14. The molecule has 25 heteroatoms. The molecule has 0 bridgehead atoms. The van der Waals surface area contributed by atoms with Gasteiger partial charge in [-0.3, -0.25) is 38.1 Å². The first-order valence-electron chi connectivity index (χ1n) is 23.7. The van der Waals surface area contributed by atoms with Crippen LogP contribution >= 0.6 is 0 Å². The molecule has 0 saturated heterocycles. The summed E-state index contributed by atoms with van der Waals surface area (Å²) in [6.45, 7) is 10.1. The van der Waals surface area contributed by atoms with Crippen molar-refractivity contribution in [1.29, 1.82) is 0 Å². The van der Waals surface area contributed by atoms with Gasteiger partial charge in [0.1, 0.15) is 36.5 Å². The average molecular weight is 1040 g/mol. The third-order valence-corrected chi connectivity index (χ3v) is 11.3. The Labute approximate surface area is 421 Å². The quantitative estimate of drug-likeness (QED) is 0.0206. The van der Waals surface area contributed by atoms with Crippen LogP contribution in [0.15, 0.2) is 60.4 Å². The number of urea groups is 2. The minimum absolute atomic E-state index is 0.0720. The summed E-state index contributed by atoms with van der Waals surface area (Å²) in [6.07, 6.45) is 15.2. The van der Waals surface area contributed by atoms with Crippen molar-refractivity contribution in [2.75, 3.05) is 33.3 Å². The first-order valence-corrected chi connectivity index (χ1v) is 25.1. The zero-order chi connectivity index (χ0) is 54.4. The number of hydrogen-bond donors (Lipinski definition) is 10. The second-order valence-electron chi connectivity index (χ2n) is 17.6. The number of carbonyl (C=O) groups is 9. The Morgan fingerprint density at radius 1 is 0.944 bits per heavy atom. The number of nitrogens with two attached hydrogens (primary N) is 1. The van der Waals surface area contributed by atoms with E-state index in [0.29, 0.717) is 18.8 Å². The van der Waals surface area contributed by atoms with Crippen LogP contribution < -0.4 is 47.7 Å². The molecular formula is C47H75N9O15S. The molecule has 0 aromatic rings. The lowest BCUT2D eigenvalue weighted by Gasteiger charge is -2.35. The first-order chi connectivity index (χ1) is 33.8. The van der Waals surface area contributed by atoms with Gasteiger partial charge in [0.2, 0.25) is 23.6 Å². The molecular weight excluding hydrogens is 963 g/mol. The van der Waals surface area contributed by atoms with E-state index in [-0.39, 0.29) is 43.8 Å². The number of allylic oxidation sites excluding steroid dienone is 6. The van der Waals surface area contributed by atoms with Crippen LogP contribution in [0.25, 0.3) is 0 Å². The van der Waals surface area contributed by atoms with Crippen molar-refractivity contribution in [1.82, 2.24) is 41.9 Å². The maximum absolute atomic E-state index is 14.2. The maximum Gasteiger partial charge on any atom is 0.361 e. The fourth-order valence-electron chi connectivity index (χ4n) is 6.36. The molecule has 0 spiro atoms. The highest BCUT2D eigenvalue weighted by Gasteiger charge is 2.43. The lowest BCUT2D eigenvalue weighted by Crippen LogP contribution is -2.56. The molecule has 0 aliphatic carbocycles. The van der Waals surface area contributed by atoms with Crippen molar-refractivity contribution in [3.63, 3.8) is 0 Å². The van der Waals surface area contributed by atoms with Crippen LogP contribution in [-0.4, -0.2) is 130 Å². The van der Waals surface area contributed by atoms with Gasteiger partial charge in [-0.05, 0) is 76.7 Å². The molecule has 404 valence electrons. The molecule has 1 rings (SSSR count). The van der Waals surface area contributed by atoms with Gasteiger partial charge >= 0.3 is 34.3 Å². The van der Waals surface area contributed by atoms with Crippen LogP contribution in [0.4, 0.5) is 9.59 Å². The normalized spacial score (nSPS) is 22.4. The summed E-state index contributed by atoms with van der Waals surface area (Å²) in [5, 5.41) is 16.2. The predicted octanol–water partition coefficient (Wildman–Crippen LogP) is 1.51. The minimum atomic E-state index is -4.88. The van der Waals surface area contributed by atoms with Gasteiger partial charge in [-0.2, -0.15) is 8.42 Å². The largest absolute Gasteiger partial charge is 0.460 e. The monoisotopic (exact) mass is 1040 g/mol. The van der Waals surface area contributed by atoms with Crippen LogP contribution in [0.3, 0.4) is 0 Å². The lowest BCUT2D eigenvalue weighted by molar-refractivity contribution is -0.176. The van der Waals surface area contributed by atoms with Gasteiger partial charge in [-0.25, -0.2) is 14.3 Å². The molecule has 1 aliphatic heterocycles. The number of primary amides is 1. The van der Waals surface area contributed by atoms with Gasteiger partial charge in [-0.15, -0.1) is 0 Å². The molecule has 24 nitrogen and oxygen atoms in total. The summed E-state index contributed by atoms with van der Waals surface area (Å²) in [7, 11) is -3.45. The number of cyclic esters (lactones) is 2. The van der Waals surface area contributed by atoms with Crippen LogP contribution in [0.1, 0.15) is 99.8 Å². The van der Waals surface area contributed by atoms with Crippen molar-refractivity contribution >= 4 is 63.8 Å². The summed E-state index contributed by atoms with van der Waals surface area (Å²) in [5.74, 6) is -6.34. The Kier molecular flexibility index (Phi) is 29.2. The zero-order valence-corrected chi connectivity index (χ0v) is 43.2. The second kappa shape index (κ2) is 33.1. The molecule has 1 aliphatic rings. The Morgan fingerprint density at radius 2 is 1.62 bits per heavy atom. The summed E-state index contributed by atoms with van der Waals surface area (Å²) in [6, 6.07) is -5.42. The van der Waals surface area contributed by atoms with E-state index in [1.807, 2.05) is 19.1 Å². The van der Waals surface area contributed by atoms with Gasteiger partial charge in [0, 0.05) is 32.7 Å². The molecule has 1 heterocycles. The summed E-state index contributed by atoms with van der Waals surface area (Å²) in [4.78, 5) is 118. The fraction of sp³-hybridized carbons (Fsp3) is 0.596. The number of esters is 2. The second-order valence-corrected chi connectivity index (χ2v) is 18.8. The van der Waals surface area contributed by atoms with Gasteiger partial charge in [-0.1, -0.05) is 77.2 Å².